The predicted octanol–water partition coefficient (Wildman–Crippen LogP) is 8.25. The molecule has 2 N–H and O–H groups in total. The number of anilines is 2. The molecule has 0 saturated heterocycles. The quantitative estimate of drug-likeness (QED) is 0.141. The number of aliphatic imine (C=N–C) groups is 1. The molecule has 0 unspecified atom stereocenters. The summed E-state index contributed by atoms with van der Waals surface area (Å²) in [6, 6.07) is 14.6. The molecule has 14 heteroatoms. The number of nitrogens with one attached hydrogen (secondary N) is 2. The Morgan fingerprint density at radius 2 is 1.55 bits per heavy atom. The Bertz CT molecular complexity index is 1560. The van der Waals surface area contributed by atoms with Gasteiger partial charge < -0.3 is 10.6 Å². The lowest BCUT2D eigenvalue weighted by molar-refractivity contribution is -0.141. The fourth-order valence-electron chi connectivity index (χ4n) is 3.53. The first-order chi connectivity index (χ1) is 18.7. The normalized spacial score (nSPS) is 12.4. The van der Waals surface area contributed by atoms with Gasteiger partial charge in [0.1, 0.15) is 5.82 Å². The molecule has 0 spiro atoms. The van der Waals surface area contributed by atoms with Crippen LogP contribution in [0.15, 0.2) is 77.8 Å². The first-order valence-electron chi connectivity index (χ1n) is 11.2. The molecule has 0 aliphatic rings. The van der Waals surface area contributed by atoms with E-state index in [-0.39, 0.29) is 28.1 Å². The van der Waals surface area contributed by atoms with Crippen LogP contribution in [0.25, 0.3) is 5.69 Å². The van der Waals surface area contributed by atoms with Gasteiger partial charge in [-0.1, -0.05) is 29.3 Å². The average Bonchev–Trinajstić information content (AvgIpc) is 3.27. The van der Waals surface area contributed by atoms with Gasteiger partial charge in [-0.2, -0.15) is 36.4 Å². The van der Waals surface area contributed by atoms with E-state index in [0.717, 1.165) is 16.8 Å². The molecule has 1 heterocycles. The Balaban J connectivity index is 1.78. The van der Waals surface area contributed by atoms with Crippen LogP contribution in [0.1, 0.15) is 27.2 Å². The monoisotopic (exact) mass is 599 g/mol. The minimum Gasteiger partial charge on any atom is -0.326 e. The molecule has 4 aromatic rings. The molecular weight excluding hydrogens is 583 g/mol. The lowest BCUT2D eigenvalue weighted by Gasteiger charge is -2.15. The third-order valence-electron chi connectivity index (χ3n) is 5.28. The van der Waals surface area contributed by atoms with Crippen LogP contribution in [0.4, 0.5) is 37.8 Å². The van der Waals surface area contributed by atoms with Gasteiger partial charge in [0.2, 0.25) is 5.96 Å². The Morgan fingerprint density at radius 1 is 0.850 bits per heavy atom. The second-order valence-corrected chi connectivity index (χ2v) is 9.29. The van der Waals surface area contributed by atoms with Gasteiger partial charge in [-0.25, -0.2) is 4.68 Å². The van der Waals surface area contributed by atoms with E-state index >= 15 is 0 Å². The molecule has 3 aromatic carbocycles. The number of guanidine groups is 1. The van der Waals surface area contributed by atoms with Gasteiger partial charge in [0.15, 0.2) is 5.69 Å². The standard InChI is InChI=1S/C26H17Cl2F6N5O/c1-14-9-18(28)11-19(10-14)35-24(37-23(40)15-5-7-16(8-6-15)25(29,30)31)36-22-13-21(26(32,33)34)38-39(22)20-4-2-3-17(27)12-20/h2-13H,1H3,(H2,35,36,37,40). The number of hydrogen-bond donors (Lipinski definition) is 2. The topological polar surface area (TPSA) is 71.3 Å². The molecular formula is C26H17Cl2F6N5O. The first-order valence-corrected chi connectivity index (χ1v) is 12.0. The van der Waals surface area contributed by atoms with E-state index in [4.69, 9.17) is 23.2 Å². The highest BCUT2D eigenvalue weighted by Crippen LogP contribution is 2.32. The molecule has 0 fully saturated rings. The molecule has 1 aromatic heterocycles. The van der Waals surface area contributed by atoms with Crippen LogP contribution in [0.3, 0.4) is 0 Å². The molecule has 0 aliphatic carbocycles. The number of amides is 1. The number of nitrogens with zero attached hydrogens (tertiary/aromatic N) is 3. The number of alkyl halides is 6. The molecule has 0 bridgehead atoms. The Hall–Kier alpha value is -4.03. The molecule has 0 atom stereocenters. The number of hydrogen-bond acceptors (Lipinski definition) is 2. The van der Waals surface area contributed by atoms with E-state index < -0.39 is 29.5 Å². The zero-order valence-corrected chi connectivity index (χ0v) is 21.7. The summed E-state index contributed by atoms with van der Waals surface area (Å²) in [7, 11) is 0. The molecule has 40 heavy (non-hydrogen) atoms. The van der Waals surface area contributed by atoms with Gasteiger partial charge in [0.25, 0.3) is 5.91 Å². The van der Waals surface area contributed by atoms with Crippen molar-refractivity contribution in [1.82, 2.24) is 9.78 Å². The minimum atomic E-state index is -4.81. The number of aryl methyl sites for hydroxylation is 1. The average molecular weight is 600 g/mol. The van der Waals surface area contributed by atoms with Gasteiger partial charge in [-0.05, 0) is 73.2 Å². The molecule has 0 radical (unpaired) electrons. The zero-order chi connectivity index (χ0) is 29.2. The smallest absolute Gasteiger partial charge is 0.326 e. The van der Waals surface area contributed by atoms with Crippen molar-refractivity contribution in [3.05, 3.63) is 105 Å². The molecule has 1 amide bonds. The van der Waals surface area contributed by atoms with Gasteiger partial charge in [0, 0.05) is 27.4 Å². The van der Waals surface area contributed by atoms with Crippen LogP contribution in [0.5, 0.6) is 0 Å². The SMILES string of the molecule is Cc1cc(Cl)cc(N/C(=N/C(=O)c2ccc(C(F)(F)F)cc2)Nc2cc(C(F)(F)F)nn2-c2cccc(Cl)c2)c1. The van der Waals surface area contributed by atoms with Crippen molar-refractivity contribution in [3.8, 4) is 5.69 Å². The Morgan fingerprint density at radius 3 is 2.15 bits per heavy atom. The van der Waals surface area contributed by atoms with E-state index in [1.165, 1.54) is 30.3 Å². The maximum absolute atomic E-state index is 13.6. The van der Waals surface area contributed by atoms with Gasteiger partial charge in [-0.3, -0.25) is 4.79 Å². The van der Waals surface area contributed by atoms with Crippen LogP contribution in [0.2, 0.25) is 10.0 Å². The van der Waals surface area contributed by atoms with Crippen molar-refractivity contribution in [2.45, 2.75) is 19.3 Å². The van der Waals surface area contributed by atoms with Crippen molar-refractivity contribution in [2.75, 3.05) is 10.6 Å². The van der Waals surface area contributed by atoms with Crippen molar-refractivity contribution in [2.24, 2.45) is 4.99 Å². The summed E-state index contributed by atoms with van der Waals surface area (Å²) in [6.45, 7) is 1.73. The van der Waals surface area contributed by atoms with Crippen LogP contribution in [-0.4, -0.2) is 21.6 Å². The summed E-state index contributed by atoms with van der Waals surface area (Å²) >= 11 is 12.1. The van der Waals surface area contributed by atoms with Crippen LogP contribution < -0.4 is 10.6 Å². The van der Waals surface area contributed by atoms with Crippen molar-refractivity contribution >= 4 is 46.6 Å². The maximum atomic E-state index is 13.6. The Labute approximate surface area is 233 Å². The van der Waals surface area contributed by atoms with E-state index in [1.54, 1.807) is 19.1 Å². The lowest BCUT2D eigenvalue weighted by Crippen LogP contribution is -2.25. The lowest BCUT2D eigenvalue weighted by atomic mass is 10.1. The maximum Gasteiger partial charge on any atom is 0.435 e. The summed E-state index contributed by atoms with van der Waals surface area (Å²) in [4.78, 5) is 16.8. The number of benzene rings is 3. The van der Waals surface area contributed by atoms with Crippen molar-refractivity contribution in [1.29, 1.82) is 0 Å². The number of rotatable bonds is 4. The van der Waals surface area contributed by atoms with Gasteiger partial charge in [-0.15, -0.1) is 0 Å². The summed E-state index contributed by atoms with van der Waals surface area (Å²) in [6.07, 6.45) is -9.43. The Kier molecular flexibility index (Phi) is 8.13. The zero-order valence-electron chi connectivity index (χ0n) is 20.2. The van der Waals surface area contributed by atoms with Gasteiger partial charge in [0.05, 0.1) is 11.3 Å². The molecule has 208 valence electrons. The number of halogens is 8. The van der Waals surface area contributed by atoms with Crippen LogP contribution in [0, 0.1) is 6.92 Å². The minimum absolute atomic E-state index is 0.164. The third kappa shape index (κ3) is 7.13. The number of carbonyl (C=O) groups is 1. The third-order valence-corrected chi connectivity index (χ3v) is 5.73. The van der Waals surface area contributed by atoms with Crippen LogP contribution >= 0.6 is 23.2 Å². The summed E-state index contributed by atoms with van der Waals surface area (Å²) in [5.74, 6) is -1.59. The van der Waals surface area contributed by atoms with E-state index in [1.807, 2.05) is 0 Å². The molecule has 0 saturated carbocycles. The summed E-state index contributed by atoms with van der Waals surface area (Å²) < 4.78 is 80.4. The largest absolute Gasteiger partial charge is 0.435 e. The summed E-state index contributed by atoms with van der Waals surface area (Å²) in [5.41, 5.74) is -1.22. The van der Waals surface area contributed by atoms with E-state index in [2.05, 4.69) is 20.7 Å². The molecule has 6 nitrogen and oxygen atoms in total. The molecule has 4 rings (SSSR count). The van der Waals surface area contributed by atoms with Crippen molar-refractivity contribution < 1.29 is 31.1 Å². The van der Waals surface area contributed by atoms with Gasteiger partial charge >= 0.3 is 12.4 Å². The highest BCUT2D eigenvalue weighted by molar-refractivity contribution is 6.31. The fourth-order valence-corrected chi connectivity index (χ4v) is 4.01. The second kappa shape index (κ2) is 11.2. The van der Waals surface area contributed by atoms with E-state index in [0.29, 0.717) is 34.5 Å². The number of aromatic nitrogens is 2. The van der Waals surface area contributed by atoms with Crippen LogP contribution in [-0.2, 0) is 12.4 Å². The summed E-state index contributed by atoms with van der Waals surface area (Å²) in [5, 5.41) is 9.60. The fraction of sp³-hybridized carbons (Fsp3) is 0.115. The number of carbonyl (C=O) groups excluding carboxylic acids is 1. The highest BCUT2D eigenvalue weighted by Gasteiger charge is 2.35. The highest BCUT2D eigenvalue weighted by atomic mass is 35.5. The van der Waals surface area contributed by atoms with Crippen molar-refractivity contribution in [3.63, 3.8) is 0 Å². The molecule has 0 aliphatic heterocycles. The predicted molar refractivity (Wildman–Crippen MR) is 140 cm³/mol. The van der Waals surface area contributed by atoms with E-state index in [9.17, 15) is 31.1 Å². The second-order valence-electron chi connectivity index (χ2n) is 8.41. The first kappa shape index (κ1) is 29.0.